The molecule has 5 heteroatoms. The molecule has 1 N–H and O–H groups in total. The Bertz CT molecular complexity index is 836. The molecule has 0 aromatic heterocycles. The third-order valence-corrected chi connectivity index (χ3v) is 4.87. The van der Waals surface area contributed by atoms with E-state index in [1.165, 1.54) is 0 Å². The third-order valence-electron chi connectivity index (χ3n) is 4.87. The van der Waals surface area contributed by atoms with Gasteiger partial charge in [-0.15, -0.1) is 0 Å². The fourth-order valence-electron chi connectivity index (χ4n) is 3.28. The highest BCUT2D eigenvalue weighted by Crippen LogP contribution is 2.18. The summed E-state index contributed by atoms with van der Waals surface area (Å²) in [5, 5.41) is 3.03. The van der Waals surface area contributed by atoms with E-state index in [9.17, 15) is 9.59 Å². The van der Waals surface area contributed by atoms with Crippen molar-refractivity contribution in [3.63, 3.8) is 0 Å². The van der Waals surface area contributed by atoms with E-state index in [2.05, 4.69) is 5.32 Å². The number of aryl methyl sites for hydroxylation is 1. The maximum atomic E-state index is 13.3. The fraction of sp³-hybridized carbons (Fsp3) is 0.440. The quantitative estimate of drug-likeness (QED) is 0.707. The highest BCUT2D eigenvalue weighted by atomic mass is 16.5. The van der Waals surface area contributed by atoms with E-state index in [-0.39, 0.29) is 23.8 Å². The first-order chi connectivity index (χ1) is 14.1. The molecule has 30 heavy (non-hydrogen) atoms. The lowest BCUT2D eigenvalue weighted by molar-refractivity contribution is -0.141. The number of rotatable bonds is 8. The molecule has 0 bridgehead atoms. The van der Waals surface area contributed by atoms with Crippen molar-refractivity contribution in [3.05, 3.63) is 65.2 Å². The van der Waals surface area contributed by atoms with Crippen molar-refractivity contribution in [3.8, 4) is 5.75 Å². The van der Waals surface area contributed by atoms with Crippen molar-refractivity contribution in [2.24, 2.45) is 0 Å². The largest absolute Gasteiger partial charge is 0.497 e. The van der Waals surface area contributed by atoms with E-state index >= 15 is 0 Å². The summed E-state index contributed by atoms with van der Waals surface area (Å²) in [6, 6.07) is 15.0. The molecule has 0 fully saturated rings. The molecule has 2 amide bonds. The van der Waals surface area contributed by atoms with Crippen LogP contribution >= 0.6 is 0 Å². The molecule has 1 atom stereocenters. The number of hydrogen-bond acceptors (Lipinski definition) is 3. The van der Waals surface area contributed by atoms with E-state index in [0.29, 0.717) is 13.0 Å². The maximum absolute atomic E-state index is 13.3. The second kappa shape index (κ2) is 10.3. The molecule has 0 spiro atoms. The molecular formula is C25H34N2O3. The van der Waals surface area contributed by atoms with Crippen LogP contribution in [-0.4, -0.2) is 35.4 Å². The Morgan fingerprint density at radius 3 is 2.07 bits per heavy atom. The first-order valence-corrected chi connectivity index (χ1v) is 10.4. The Kier molecular flexibility index (Phi) is 8.04. The van der Waals surface area contributed by atoms with Crippen LogP contribution in [0.4, 0.5) is 0 Å². The molecule has 2 rings (SSSR count). The van der Waals surface area contributed by atoms with E-state index < -0.39 is 6.04 Å². The van der Waals surface area contributed by atoms with Gasteiger partial charge in [0.2, 0.25) is 11.8 Å². The van der Waals surface area contributed by atoms with Gasteiger partial charge in [0, 0.05) is 12.1 Å². The van der Waals surface area contributed by atoms with Crippen molar-refractivity contribution in [1.29, 1.82) is 0 Å². The predicted octanol–water partition coefficient (Wildman–Crippen LogP) is 4.27. The van der Waals surface area contributed by atoms with Crippen LogP contribution in [0.15, 0.2) is 48.5 Å². The summed E-state index contributed by atoms with van der Waals surface area (Å²) in [5.41, 5.74) is 2.69. The summed E-state index contributed by atoms with van der Waals surface area (Å²) < 4.78 is 5.20. The van der Waals surface area contributed by atoms with Crippen LogP contribution < -0.4 is 10.1 Å². The Hall–Kier alpha value is -2.82. The van der Waals surface area contributed by atoms with Gasteiger partial charge in [0.15, 0.2) is 0 Å². The van der Waals surface area contributed by atoms with E-state index in [1.807, 2.05) is 83.1 Å². The van der Waals surface area contributed by atoms with Gasteiger partial charge in [-0.05, 0) is 57.4 Å². The lowest BCUT2D eigenvalue weighted by Gasteiger charge is -2.33. The van der Waals surface area contributed by atoms with Gasteiger partial charge in [-0.2, -0.15) is 0 Å². The lowest BCUT2D eigenvalue weighted by atomic mass is 10.0. The molecule has 5 nitrogen and oxygen atoms in total. The zero-order chi connectivity index (χ0) is 22.3. The molecule has 0 saturated heterocycles. The molecule has 0 heterocycles. The topological polar surface area (TPSA) is 58.6 Å². The average molecular weight is 411 g/mol. The highest BCUT2D eigenvalue weighted by Gasteiger charge is 2.30. The molecule has 0 aliphatic heterocycles. The van der Waals surface area contributed by atoms with E-state index in [4.69, 9.17) is 4.74 Å². The SMILES string of the molecule is CCC(C(=O)NC(C)(C)C)N(Cc1ccc(C)cc1)C(=O)Cc1ccc(OC)cc1. The summed E-state index contributed by atoms with van der Waals surface area (Å²) in [4.78, 5) is 28.0. The van der Waals surface area contributed by atoms with Crippen LogP contribution in [0.5, 0.6) is 5.75 Å². The van der Waals surface area contributed by atoms with Crippen LogP contribution in [0.2, 0.25) is 0 Å². The zero-order valence-corrected chi connectivity index (χ0v) is 19.0. The van der Waals surface area contributed by atoms with Crippen molar-refractivity contribution >= 4 is 11.8 Å². The lowest BCUT2D eigenvalue weighted by Crippen LogP contribution is -2.53. The van der Waals surface area contributed by atoms with Crippen molar-refractivity contribution in [2.45, 2.75) is 65.6 Å². The van der Waals surface area contributed by atoms with Gasteiger partial charge in [0.05, 0.1) is 13.5 Å². The van der Waals surface area contributed by atoms with E-state index in [1.54, 1.807) is 12.0 Å². The molecule has 162 valence electrons. The molecular weight excluding hydrogens is 376 g/mol. The fourth-order valence-corrected chi connectivity index (χ4v) is 3.28. The molecule has 0 aliphatic carbocycles. The van der Waals surface area contributed by atoms with Crippen LogP contribution in [0, 0.1) is 6.92 Å². The van der Waals surface area contributed by atoms with Gasteiger partial charge in [0.25, 0.3) is 0 Å². The summed E-state index contributed by atoms with van der Waals surface area (Å²) in [5.74, 6) is 0.551. The number of hydrogen-bond donors (Lipinski definition) is 1. The molecule has 0 saturated carbocycles. The maximum Gasteiger partial charge on any atom is 0.243 e. The Balaban J connectivity index is 2.28. The summed E-state index contributed by atoms with van der Waals surface area (Å²) in [7, 11) is 1.61. The standard InChI is InChI=1S/C25H34N2O3/c1-7-22(24(29)26-25(3,4)5)27(17-20-10-8-18(2)9-11-20)23(28)16-19-12-14-21(30-6)15-13-19/h8-15,22H,7,16-17H2,1-6H3,(H,26,29). The zero-order valence-electron chi connectivity index (χ0n) is 19.0. The Morgan fingerprint density at radius 1 is 1.00 bits per heavy atom. The number of nitrogens with one attached hydrogen (secondary N) is 1. The van der Waals surface area contributed by atoms with Crippen LogP contribution in [-0.2, 0) is 22.6 Å². The number of nitrogens with zero attached hydrogens (tertiary/aromatic N) is 1. The summed E-state index contributed by atoms with van der Waals surface area (Å²) in [6.45, 7) is 10.2. The van der Waals surface area contributed by atoms with Gasteiger partial charge < -0.3 is 15.0 Å². The second-order valence-corrected chi connectivity index (χ2v) is 8.70. The summed E-state index contributed by atoms with van der Waals surface area (Å²) in [6.07, 6.45) is 0.775. The third kappa shape index (κ3) is 6.90. The Morgan fingerprint density at radius 2 is 1.57 bits per heavy atom. The second-order valence-electron chi connectivity index (χ2n) is 8.70. The highest BCUT2D eigenvalue weighted by molar-refractivity contribution is 5.88. The van der Waals surface area contributed by atoms with Gasteiger partial charge in [-0.1, -0.05) is 48.9 Å². The van der Waals surface area contributed by atoms with E-state index in [0.717, 1.165) is 22.4 Å². The first kappa shape index (κ1) is 23.5. The van der Waals surface area contributed by atoms with Crippen molar-refractivity contribution < 1.29 is 14.3 Å². The van der Waals surface area contributed by atoms with Crippen LogP contribution in [0.25, 0.3) is 0 Å². The van der Waals surface area contributed by atoms with Crippen molar-refractivity contribution in [2.75, 3.05) is 7.11 Å². The number of carbonyl (C=O) groups excluding carboxylic acids is 2. The number of benzene rings is 2. The van der Waals surface area contributed by atoms with Gasteiger partial charge in [0.1, 0.15) is 11.8 Å². The first-order valence-electron chi connectivity index (χ1n) is 10.4. The molecule has 0 radical (unpaired) electrons. The number of amides is 2. The molecule has 1 unspecified atom stereocenters. The summed E-state index contributed by atoms with van der Waals surface area (Å²) >= 11 is 0. The molecule has 2 aromatic rings. The minimum absolute atomic E-state index is 0.0725. The van der Waals surface area contributed by atoms with Crippen molar-refractivity contribution in [1.82, 2.24) is 10.2 Å². The predicted molar refractivity (Wildman–Crippen MR) is 120 cm³/mol. The molecule has 0 aliphatic rings. The molecule has 2 aromatic carbocycles. The monoisotopic (exact) mass is 410 g/mol. The normalized spacial score (nSPS) is 12.2. The minimum atomic E-state index is -0.531. The number of ether oxygens (including phenoxy) is 1. The van der Waals surface area contributed by atoms with Gasteiger partial charge in [-0.25, -0.2) is 0 Å². The number of methoxy groups -OCH3 is 1. The Labute approximate surface area is 180 Å². The number of carbonyl (C=O) groups is 2. The average Bonchev–Trinajstić information content (AvgIpc) is 2.68. The van der Waals surface area contributed by atoms with Crippen LogP contribution in [0.1, 0.15) is 50.8 Å². The smallest absolute Gasteiger partial charge is 0.243 e. The van der Waals surface area contributed by atoms with Crippen LogP contribution in [0.3, 0.4) is 0 Å². The minimum Gasteiger partial charge on any atom is -0.497 e. The van der Waals surface area contributed by atoms with Gasteiger partial charge in [-0.3, -0.25) is 9.59 Å². The van der Waals surface area contributed by atoms with Gasteiger partial charge >= 0.3 is 0 Å².